The zero-order valence-electron chi connectivity index (χ0n) is 8.83. The van der Waals surface area contributed by atoms with Gasteiger partial charge < -0.3 is 5.73 Å². The highest BCUT2D eigenvalue weighted by atomic mass is 35.5. The number of hydrogen-bond acceptors (Lipinski definition) is 1. The standard InChI is InChI=1S/C12H18ClN/c1-9(7-8-14)10(2)11-3-5-12(13)6-4-11/h3-6,9-10H,7-8,14H2,1-2H3. The Morgan fingerprint density at radius 3 is 2.29 bits per heavy atom. The summed E-state index contributed by atoms with van der Waals surface area (Å²) in [7, 11) is 0. The molecule has 0 aliphatic rings. The van der Waals surface area contributed by atoms with Crippen molar-refractivity contribution >= 4 is 11.6 Å². The Hall–Kier alpha value is -0.530. The van der Waals surface area contributed by atoms with E-state index < -0.39 is 0 Å². The van der Waals surface area contributed by atoms with Crippen LogP contribution < -0.4 is 5.73 Å². The van der Waals surface area contributed by atoms with E-state index in [1.165, 1.54) is 5.56 Å². The number of nitrogens with two attached hydrogens (primary N) is 1. The molecule has 0 heterocycles. The maximum Gasteiger partial charge on any atom is 0.0406 e. The van der Waals surface area contributed by atoms with Crippen LogP contribution in [0.3, 0.4) is 0 Å². The maximum atomic E-state index is 5.84. The van der Waals surface area contributed by atoms with Crippen molar-refractivity contribution in [3.8, 4) is 0 Å². The number of halogens is 1. The fourth-order valence-electron chi connectivity index (χ4n) is 1.61. The Labute approximate surface area is 91.3 Å². The molecule has 0 aliphatic heterocycles. The van der Waals surface area contributed by atoms with Crippen LogP contribution in [-0.4, -0.2) is 6.54 Å². The van der Waals surface area contributed by atoms with E-state index in [2.05, 4.69) is 26.0 Å². The lowest BCUT2D eigenvalue weighted by Crippen LogP contribution is -2.11. The molecule has 78 valence electrons. The molecule has 0 saturated carbocycles. The van der Waals surface area contributed by atoms with Crippen LogP contribution in [0.2, 0.25) is 5.02 Å². The molecule has 2 unspecified atom stereocenters. The molecule has 1 rings (SSSR count). The van der Waals surface area contributed by atoms with Crippen LogP contribution in [0.25, 0.3) is 0 Å². The summed E-state index contributed by atoms with van der Waals surface area (Å²) in [6, 6.07) is 8.09. The van der Waals surface area contributed by atoms with Gasteiger partial charge >= 0.3 is 0 Å². The van der Waals surface area contributed by atoms with E-state index in [-0.39, 0.29) is 0 Å². The van der Waals surface area contributed by atoms with Crippen molar-refractivity contribution in [2.45, 2.75) is 26.2 Å². The SMILES string of the molecule is CC(CCN)C(C)c1ccc(Cl)cc1. The molecule has 1 aromatic rings. The molecule has 0 bridgehead atoms. The summed E-state index contributed by atoms with van der Waals surface area (Å²) < 4.78 is 0. The van der Waals surface area contributed by atoms with E-state index >= 15 is 0 Å². The second-order valence-corrected chi connectivity index (χ2v) is 4.33. The van der Waals surface area contributed by atoms with Crippen LogP contribution >= 0.6 is 11.6 Å². The van der Waals surface area contributed by atoms with Gasteiger partial charge in [0.15, 0.2) is 0 Å². The molecule has 0 aliphatic carbocycles. The Kier molecular flexibility index (Phi) is 4.43. The lowest BCUT2D eigenvalue weighted by atomic mass is 9.87. The number of hydrogen-bond donors (Lipinski definition) is 1. The Bertz CT molecular complexity index is 268. The summed E-state index contributed by atoms with van der Waals surface area (Å²) in [5, 5.41) is 0.799. The molecular weight excluding hydrogens is 194 g/mol. The molecule has 1 nitrogen and oxygen atoms in total. The molecule has 2 heteroatoms. The van der Waals surface area contributed by atoms with E-state index in [1.54, 1.807) is 0 Å². The molecule has 0 fully saturated rings. The zero-order valence-corrected chi connectivity index (χ0v) is 9.59. The quantitative estimate of drug-likeness (QED) is 0.812. The largest absolute Gasteiger partial charge is 0.330 e. The first kappa shape index (κ1) is 11.5. The summed E-state index contributed by atoms with van der Waals surface area (Å²) in [6.45, 7) is 5.24. The minimum absolute atomic E-state index is 0.552. The fourth-order valence-corrected chi connectivity index (χ4v) is 1.73. The molecule has 0 radical (unpaired) electrons. The lowest BCUT2D eigenvalue weighted by molar-refractivity contribution is 0.459. The number of benzene rings is 1. The van der Waals surface area contributed by atoms with Crippen molar-refractivity contribution in [2.75, 3.05) is 6.54 Å². The third-order valence-corrected chi connectivity index (χ3v) is 3.12. The topological polar surface area (TPSA) is 26.0 Å². The highest BCUT2D eigenvalue weighted by Crippen LogP contribution is 2.26. The monoisotopic (exact) mass is 211 g/mol. The van der Waals surface area contributed by atoms with Crippen molar-refractivity contribution in [3.05, 3.63) is 34.9 Å². The van der Waals surface area contributed by atoms with Gasteiger partial charge in [0, 0.05) is 5.02 Å². The highest BCUT2D eigenvalue weighted by Gasteiger charge is 2.12. The van der Waals surface area contributed by atoms with Gasteiger partial charge in [-0.2, -0.15) is 0 Å². The van der Waals surface area contributed by atoms with Crippen molar-refractivity contribution in [2.24, 2.45) is 11.7 Å². The minimum Gasteiger partial charge on any atom is -0.330 e. The number of rotatable bonds is 4. The second kappa shape index (κ2) is 5.38. The first-order chi connectivity index (χ1) is 6.65. The van der Waals surface area contributed by atoms with Gasteiger partial charge in [-0.3, -0.25) is 0 Å². The van der Waals surface area contributed by atoms with Gasteiger partial charge in [-0.25, -0.2) is 0 Å². The molecular formula is C12H18ClN. The predicted octanol–water partition coefficient (Wildman–Crippen LogP) is 3.43. The molecule has 0 amide bonds. The molecule has 1 aromatic carbocycles. The predicted molar refractivity (Wildman–Crippen MR) is 62.7 cm³/mol. The summed E-state index contributed by atoms with van der Waals surface area (Å²) in [5.41, 5.74) is 6.89. The average molecular weight is 212 g/mol. The van der Waals surface area contributed by atoms with Crippen LogP contribution in [0, 0.1) is 5.92 Å². The second-order valence-electron chi connectivity index (χ2n) is 3.89. The first-order valence-corrected chi connectivity index (χ1v) is 5.48. The van der Waals surface area contributed by atoms with Gasteiger partial charge in [-0.15, -0.1) is 0 Å². The molecule has 0 aromatic heterocycles. The Morgan fingerprint density at radius 2 is 1.79 bits per heavy atom. The van der Waals surface area contributed by atoms with E-state index in [4.69, 9.17) is 17.3 Å². The first-order valence-electron chi connectivity index (χ1n) is 5.10. The molecule has 2 atom stereocenters. The molecule has 0 spiro atoms. The van der Waals surface area contributed by atoms with Crippen LogP contribution in [0.1, 0.15) is 31.7 Å². The minimum atomic E-state index is 0.552. The van der Waals surface area contributed by atoms with Crippen LogP contribution in [0.4, 0.5) is 0 Å². The summed E-state index contributed by atoms with van der Waals surface area (Å²) in [5.74, 6) is 1.18. The zero-order chi connectivity index (χ0) is 10.6. The van der Waals surface area contributed by atoms with Crippen LogP contribution in [0.15, 0.2) is 24.3 Å². The Balaban J connectivity index is 2.68. The van der Waals surface area contributed by atoms with E-state index in [9.17, 15) is 0 Å². The Morgan fingerprint density at radius 1 is 1.21 bits per heavy atom. The molecule has 14 heavy (non-hydrogen) atoms. The molecule has 2 N–H and O–H groups in total. The van der Waals surface area contributed by atoms with E-state index in [1.807, 2.05) is 12.1 Å². The smallest absolute Gasteiger partial charge is 0.0406 e. The fraction of sp³-hybridized carbons (Fsp3) is 0.500. The van der Waals surface area contributed by atoms with Crippen LogP contribution in [-0.2, 0) is 0 Å². The van der Waals surface area contributed by atoms with E-state index in [0.29, 0.717) is 11.8 Å². The molecule has 0 saturated heterocycles. The third-order valence-electron chi connectivity index (χ3n) is 2.87. The summed E-state index contributed by atoms with van der Waals surface area (Å²) in [4.78, 5) is 0. The van der Waals surface area contributed by atoms with E-state index in [0.717, 1.165) is 18.0 Å². The lowest BCUT2D eigenvalue weighted by Gasteiger charge is -2.19. The average Bonchev–Trinajstić information content (AvgIpc) is 2.18. The van der Waals surface area contributed by atoms with Crippen molar-refractivity contribution in [1.29, 1.82) is 0 Å². The van der Waals surface area contributed by atoms with Gasteiger partial charge in [-0.1, -0.05) is 37.6 Å². The summed E-state index contributed by atoms with van der Waals surface area (Å²) in [6.07, 6.45) is 1.07. The van der Waals surface area contributed by atoms with Crippen molar-refractivity contribution in [3.63, 3.8) is 0 Å². The van der Waals surface area contributed by atoms with Gasteiger partial charge in [0.2, 0.25) is 0 Å². The van der Waals surface area contributed by atoms with Crippen molar-refractivity contribution < 1.29 is 0 Å². The van der Waals surface area contributed by atoms with Gasteiger partial charge in [0.1, 0.15) is 0 Å². The van der Waals surface area contributed by atoms with Gasteiger partial charge in [0.25, 0.3) is 0 Å². The normalized spacial score (nSPS) is 15.1. The van der Waals surface area contributed by atoms with Crippen LogP contribution in [0.5, 0.6) is 0 Å². The third kappa shape index (κ3) is 3.00. The van der Waals surface area contributed by atoms with Gasteiger partial charge in [-0.05, 0) is 42.5 Å². The maximum absolute atomic E-state index is 5.84. The van der Waals surface area contributed by atoms with Gasteiger partial charge in [0.05, 0.1) is 0 Å². The van der Waals surface area contributed by atoms with Crippen molar-refractivity contribution in [1.82, 2.24) is 0 Å². The highest BCUT2D eigenvalue weighted by molar-refractivity contribution is 6.30. The summed E-state index contributed by atoms with van der Waals surface area (Å²) >= 11 is 5.84.